The van der Waals surface area contributed by atoms with Crippen molar-refractivity contribution in [1.29, 1.82) is 0 Å². The second kappa shape index (κ2) is 8.44. The molecule has 0 spiro atoms. The van der Waals surface area contributed by atoms with E-state index in [1.54, 1.807) is 6.20 Å². The van der Waals surface area contributed by atoms with Crippen molar-refractivity contribution in [2.24, 2.45) is 0 Å². The SMILES string of the molecule is Cc1ccc(CNc2cnnc(NCCc3ccc(Cl)cc3)n2)cc1. The molecule has 5 nitrogen and oxygen atoms in total. The van der Waals surface area contributed by atoms with Crippen molar-refractivity contribution in [3.8, 4) is 0 Å². The van der Waals surface area contributed by atoms with E-state index in [0.29, 0.717) is 18.3 Å². The van der Waals surface area contributed by atoms with E-state index in [-0.39, 0.29) is 0 Å². The highest BCUT2D eigenvalue weighted by molar-refractivity contribution is 6.30. The maximum Gasteiger partial charge on any atom is 0.244 e. The molecule has 3 aromatic rings. The summed E-state index contributed by atoms with van der Waals surface area (Å²) in [5, 5.41) is 15.2. The first-order valence-corrected chi connectivity index (χ1v) is 8.54. The Bertz CT molecular complexity index is 803. The first kappa shape index (κ1) is 17.2. The predicted octanol–water partition coefficient (Wildman–Crippen LogP) is 4.10. The summed E-state index contributed by atoms with van der Waals surface area (Å²) < 4.78 is 0. The predicted molar refractivity (Wildman–Crippen MR) is 102 cm³/mol. The molecule has 1 heterocycles. The smallest absolute Gasteiger partial charge is 0.244 e. The number of benzene rings is 2. The normalized spacial score (nSPS) is 10.5. The van der Waals surface area contributed by atoms with Crippen LogP contribution in [-0.2, 0) is 13.0 Å². The van der Waals surface area contributed by atoms with E-state index in [0.717, 1.165) is 18.0 Å². The summed E-state index contributed by atoms with van der Waals surface area (Å²) in [6.45, 7) is 3.50. The molecule has 0 aliphatic heterocycles. The summed E-state index contributed by atoms with van der Waals surface area (Å²) in [6, 6.07) is 16.2. The number of nitrogens with one attached hydrogen (secondary N) is 2. The molecule has 2 N–H and O–H groups in total. The largest absolute Gasteiger partial charge is 0.365 e. The summed E-state index contributed by atoms with van der Waals surface area (Å²) >= 11 is 5.89. The van der Waals surface area contributed by atoms with Gasteiger partial charge in [-0.1, -0.05) is 53.6 Å². The second-order valence-electron chi connectivity index (χ2n) is 5.81. The lowest BCUT2D eigenvalue weighted by Gasteiger charge is -2.08. The highest BCUT2D eigenvalue weighted by Crippen LogP contribution is 2.11. The van der Waals surface area contributed by atoms with Crippen LogP contribution >= 0.6 is 11.6 Å². The first-order chi connectivity index (χ1) is 12.2. The Morgan fingerprint density at radius 2 is 1.64 bits per heavy atom. The Balaban J connectivity index is 1.50. The zero-order chi connectivity index (χ0) is 17.5. The zero-order valence-corrected chi connectivity index (χ0v) is 14.8. The quantitative estimate of drug-likeness (QED) is 0.669. The number of halogens is 1. The van der Waals surface area contributed by atoms with Crippen LogP contribution in [0.5, 0.6) is 0 Å². The Kier molecular flexibility index (Phi) is 5.80. The number of aryl methyl sites for hydroxylation is 1. The fraction of sp³-hybridized carbons (Fsp3) is 0.211. The minimum Gasteiger partial charge on any atom is -0.365 e. The summed E-state index contributed by atoms with van der Waals surface area (Å²) in [4.78, 5) is 4.43. The molecular formula is C19H20ClN5. The lowest BCUT2D eigenvalue weighted by molar-refractivity contribution is 0.921. The molecule has 3 rings (SSSR count). The van der Waals surface area contributed by atoms with Crippen LogP contribution in [0.25, 0.3) is 0 Å². The first-order valence-electron chi connectivity index (χ1n) is 8.16. The van der Waals surface area contributed by atoms with Gasteiger partial charge in [0, 0.05) is 18.1 Å². The van der Waals surface area contributed by atoms with Gasteiger partial charge in [0.05, 0.1) is 6.20 Å². The monoisotopic (exact) mass is 353 g/mol. The van der Waals surface area contributed by atoms with E-state index in [9.17, 15) is 0 Å². The average Bonchev–Trinajstić information content (AvgIpc) is 2.63. The average molecular weight is 354 g/mol. The van der Waals surface area contributed by atoms with Crippen molar-refractivity contribution in [3.05, 3.63) is 76.4 Å². The summed E-state index contributed by atoms with van der Waals surface area (Å²) in [5.74, 6) is 1.22. The number of hydrogen-bond donors (Lipinski definition) is 2. The second-order valence-corrected chi connectivity index (χ2v) is 6.24. The molecule has 0 bridgehead atoms. The Morgan fingerprint density at radius 3 is 2.40 bits per heavy atom. The van der Waals surface area contributed by atoms with Crippen molar-refractivity contribution in [1.82, 2.24) is 15.2 Å². The highest BCUT2D eigenvalue weighted by atomic mass is 35.5. The zero-order valence-electron chi connectivity index (χ0n) is 14.0. The van der Waals surface area contributed by atoms with Crippen LogP contribution < -0.4 is 10.6 Å². The van der Waals surface area contributed by atoms with E-state index in [1.165, 1.54) is 16.7 Å². The van der Waals surface area contributed by atoms with Crippen LogP contribution in [-0.4, -0.2) is 21.7 Å². The minimum atomic E-state index is 0.517. The number of anilines is 2. The van der Waals surface area contributed by atoms with Crippen molar-refractivity contribution in [2.75, 3.05) is 17.2 Å². The Hall–Kier alpha value is -2.66. The number of hydrogen-bond acceptors (Lipinski definition) is 5. The number of rotatable bonds is 7. The molecule has 0 fully saturated rings. The van der Waals surface area contributed by atoms with E-state index in [4.69, 9.17) is 11.6 Å². The van der Waals surface area contributed by atoms with Gasteiger partial charge < -0.3 is 10.6 Å². The maximum absolute atomic E-state index is 5.89. The van der Waals surface area contributed by atoms with E-state index < -0.39 is 0 Å². The lowest BCUT2D eigenvalue weighted by atomic mass is 10.1. The van der Waals surface area contributed by atoms with Gasteiger partial charge in [-0.3, -0.25) is 0 Å². The van der Waals surface area contributed by atoms with Gasteiger partial charge in [0.15, 0.2) is 5.82 Å². The number of nitrogens with zero attached hydrogens (tertiary/aromatic N) is 3. The van der Waals surface area contributed by atoms with Crippen LogP contribution in [0.1, 0.15) is 16.7 Å². The van der Waals surface area contributed by atoms with Gasteiger partial charge >= 0.3 is 0 Å². The molecule has 128 valence electrons. The van der Waals surface area contributed by atoms with Crippen LogP contribution in [0.2, 0.25) is 5.02 Å². The molecule has 25 heavy (non-hydrogen) atoms. The molecular weight excluding hydrogens is 334 g/mol. The molecule has 0 aliphatic rings. The molecule has 6 heteroatoms. The fourth-order valence-electron chi connectivity index (χ4n) is 2.33. The Labute approximate surface area is 152 Å². The van der Waals surface area contributed by atoms with Crippen molar-refractivity contribution < 1.29 is 0 Å². The molecule has 0 atom stereocenters. The van der Waals surface area contributed by atoms with Gasteiger partial charge in [0.1, 0.15) is 0 Å². The summed E-state index contributed by atoms with van der Waals surface area (Å²) in [6.07, 6.45) is 2.49. The van der Waals surface area contributed by atoms with Gasteiger partial charge in [-0.15, -0.1) is 5.10 Å². The van der Waals surface area contributed by atoms with E-state index in [2.05, 4.69) is 57.0 Å². The third-order valence-corrected chi connectivity index (χ3v) is 4.02. The molecule has 0 saturated heterocycles. The molecule has 0 unspecified atom stereocenters. The van der Waals surface area contributed by atoms with Crippen LogP contribution in [0, 0.1) is 6.92 Å². The standard InChI is InChI=1S/C19H20ClN5/c1-14-2-4-16(5-3-14)12-22-18-13-23-25-19(24-18)21-11-10-15-6-8-17(20)9-7-15/h2-9,13H,10-12H2,1H3,(H2,21,22,24,25). The molecule has 0 aliphatic carbocycles. The third kappa shape index (κ3) is 5.43. The van der Waals surface area contributed by atoms with Gasteiger partial charge in [0.25, 0.3) is 0 Å². The van der Waals surface area contributed by atoms with Gasteiger partial charge in [0.2, 0.25) is 5.95 Å². The topological polar surface area (TPSA) is 62.7 Å². The minimum absolute atomic E-state index is 0.517. The fourth-order valence-corrected chi connectivity index (χ4v) is 2.46. The van der Waals surface area contributed by atoms with Gasteiger partial charge in [-0.05, 0) is 36.6 Å². The van der Waals surface area contributed by atoms with Gasteiger partial charge in [-0.2, -0.15) is 10.1 Å². The molecule has 0 saturated carbocycles. The molecule has 0 amide bonds. The highest BCUT2D eigenvalue weighted by Gasteiger charge is 2.01. The van der Waals surface area contributed by atoms with Crippen molar-refractivity contribution in [2.45, 2.75) is 19.9 Å². The van der Waals surface area contributed by atoms with Gasteiger partial charge in [-0.25, -0.2) is 0 Å². The molecule has 2 aromatic carbocycles. The lowest BCUT2D eigenvalue weighted by Crippen LogP contribution is -2.10. The third-order valence-electron chi connectivity index (χ3n) is 3.76. The van der Waals surface area contributed by atoms with Crippen LogP contribution in [0.3, 0.4) is 0 Å². The van der Waals surface area contributed by atoms with Crippen molar-refractivity contribution in [3.63, 3.8) is 0 Å². The number of aromatic nitrogens is 3. The van der Waals surface area contributed by atoms with E-state index >= 15 is 0 Å². The summed E-state index contributed by atoms with van der Waals surface area (Å²) in [5.41, 5.74) is 3.65. The maximum atomic E-state index is 5.89. The van der Waals surface area contributed by atoms with Crippen molar-refractivity contribution >= 4 is 23.4 Å². The molecule has 1 aromatic heterocycles. The molecule has 0 radical (unpaired) electrons. The van der Waals surface area contributed by atoms with E-state index in [1.807, 2.05) is 24.3 Å². The van der Waals surface area contributed by atoms with Crippen LogP contribution in [0.15, 0.2) is 54.7 Å². The summed E-state index contributed by atoms with van der Waals surface area (Å²) in [7, 11) is 0. The van der Waals surface area contributed by atoms with Crippen LogP contribution in [0.4, 0.5) is 11.8 Å². The Morgan fingerprint density at radius 1 is 0.920 bits per heavy atom.